The first kappa shape index (κ1) is 9.52. The summed E-state index contributed by atoms with van der Waals surface area (Å²) in [4.78, 5) is 11.6. The van der Waals surface area contributed by atoms with Crippen molar-refractivity contribution < 1.29 is 5.11 Å². The van der Waals surface area contributed by atoms with E-state index in [4.69, 9.17) is 5.11 Å². The zero-order valence-corrected chi connectivity index (χ0v) is 8.34. The molecule has 0 amide bonds. The van der Waals surface area contributed by atoms with Gasteiger partial charge in [-0.3, -0.25) is 9.36 Å². The second-order valence-electron chi connectivity index (χ2n) is 3.43. The Balaban J connectivity index is 2.58. The zero-order chi connectivity index (χ0) is 10.8. The summed E-state index contributed by atoms with van der Waals surface area (Å²) in [7, 11) is 0. The molecule has 1 heterocycles. The van der Waals surface area contributed by atoms with E-state index in [0.29, 0.717) is 0 Å². The molecular formula is C12H11NO2. The lowest BCUT2D eigenvalue weighted by molar-refractivity contribution is 0.475. The molecule has 76 valence electrons. The Morgan fingerprint density at radius 1 is 1.07 bits per heavy atom. The number of aromatic hydroxyl groups is 1. The average Bonchev–Trinajstić information content (AvgIpc) is 2.23. The molecule has 0 saturated heterocycles. The number of phenols is 1. The Kier molecular flexibility index (Phi) is 2.29. The van der Waals surface area contributed by atoms with Crippen molar-refractivity contribution in [2.75, 3.05) is 0 Å². The summed E-state index contributed by atoms with van der Waals surface area (Å²) in [5.74, 6) is 0.194. The molecule has 0 radical (unpaired) electrons. The highest BCUT2D eigenvalue weighted by atomic mass is 16.3. The van der Waals surface area contributed by atoms with Crippen molar-refractivity contribution in [3.8, 4) is 11.4 Å². The number of rotatable bonds is 1. The fourth-order valence-corrected chi connectivity index (χ4v) is 1.41. The van der Waals surface area contributed by atoms with Crippen LogP contribution in [0, 0.1) is 6.92 Å². The standard InChI is InChI=1S/C12H11NO2/c1-9-2-7-12(15)13(8-9)10-3-5-11(14)6-4-10/h2-8,14H,1H3. The molecule has 0 fully saturated rings. The predicted molar refractivity (Wildman–Crippen MR) is 58.4 cm³/mol. The lowest BCUT2D eigenvalue weighted by atomic mass is 10.2. The van der Waals surface area contributed by atoms with Gasteiger partial charge in [0.25, 0.3) is 5.56 Å². The van der Waals surface area contributed by atoms with Gasteiger partial charge < -0.3 is 5.11 Å². The first-order valence-electron chi connectivity index (χ1n) is 4.65. The molecule has 0 unspecified atom stereocenters. The van der Waals surface area contributed by atoms with Gasteiger partial charge >= 0.3 is 0 Å². The summed E-state index contributed by atoms with van der Waals surface area (Å²) < 4.78 is 1.55. The van der Waals surface area contributed by atoms with Crippen LogP contribution >= 0.6 is 0 Å². The van der Waals surface area contributed by atoms with Gasteiger partial charge in [0.05, 0.1) is 0 Å². The van der Waals surface area contributed by atoms with Crippen LogP contribution in [0.5, 0.6) is 5.75 Å². The van der Waals surface area contributed by atoms with Crippen LogP contribution in [0.3, 0.4) is 0 Å². The molecule has 1 aromatic heterocycles. The SMILES string of the molecule is Cc1ccc(=O)n(-c2ccc(O)cc2)c1. The number of pyridine rings is 1. The van der Waals surface area contributed by atoms with Crippen LogP contribution in [0.25, 0.3) is 5.69 Å². The van der Waals surface area contributed by atoms with Crippen LogP contribution in [0.15, 0.2) is 47.4 Å². The van der Waals surface area contributed by atoms with E-state index in [1.54, 1.807) is 41.1 Å². The van der Waals surface area contributed by atoms with Gasteiger partial charge in [0.1, 0.15) is 5.75 Å². The zero-order valence-electron chi connectivity index (χ0n) is 8.34. The molecule has 0 aliphatic rings. The molecule has 3 nitrogen and oxygen atoms in total. The number of hydrogen-bond donors (Lipinski definition) is 1. The maximum absolute atomic E-state index is 11.6. The summed E-state index contributed by atoms with van der Waals surface area (Å²) in [6.45, 7) is 1.93. The first-order chi connectivity index (χ1) is 7.16. The van der Waals surface area contributed by atoms with Crippen molar-refractivity contribution in [1.29, 1.82) is 0 Å². The number of phenolic OH excluding ortho intramolecular Hbond substituents is 1. The Hall–Kier alpha value is -2.03. The van der Waals surface area contributed by atoms with E-state index in [1.165, 1.54) is 6.07 Å². The van der Waals surface area contributed by atoms with Gasteiger partial charge in [0.15, 0.2) is 0 Å². The van der Waals surface area contributed by atoms with Crippen molar-refractivity contribution in [1.82, 2.24) is 4.57 Å². The van der Waals surface area contributed by atoms with Crippen LogP contribution in [-0.4, -0.2) is 9.67 Å². The molecule has 15 heavy (non-hydrogen) atoms. The summed E-state index contributed by atoms with van der Waals surface area (Å²) >= 11 is 0. The number of aromatic nitrogens is 1. The minimum absolute atomic E-state index is 0.0775. The first-order valence-corrected chi connectivity index (χ1v) is 4.65. The minimum Gasteiger partial charge on any atom is -0.508 e. The van der Waals surface area contributed by atoms with Crippen molar-refractivity contribution in [2.24, 2.45) is 0 Å². The third-order valence-corrected chi connectivity index (χ3v) is 2.19. The van der Waals surface area contributed by atoms with Crippen molar-refractivity contribution in [3.63, 3.8) is 0 Å². The summed E-state index contributed by atoms with van der Waals surface area (Å²) in [5.41, 5.74) is 1.69. The van der Waals surface area contributed by atoms with Gasteiger partial charge in [0, 0.05) is 18.0 Å². The molecule has 0 bridgehead atoms. The van der Waals surface area contributed by atoms with Gasteiger partial charge in [0.2, 0.25) is 0 Å². The third-order valence-electron chi connectivity index (χ3n) is 2.19. The van der Waals surface area contributed by atoms with Crippen molar-refractivity contribution >= 4 is 0 Å². The van der Waals surface area contributed by atoms with E-state index in [0.717, 1.165) is 11.3 Å². The Morgan fingerprint density at radius 3 is 2.40 bits per heavy atom. The fraction of sp³-hybridized carbons (Fsp3) is 0.0833. The van der Waals surface area contributed by atoms with Crippen LogP contribution in [-0.2, 0) is 0 Å². The lowest BCUT2D eigenvalue weighted by Gasteiger charge is -2.05. The Labute approximate surface area is 87.2 Å². The quantitative estimate of drug-likeness (QED) is 0.765. The van der Waals surface area contributed by atoms with Crippen LogP contribution < -0.4 is 5.56 Å². The summed E-state index contributed by atoms with van der Waals surface area (Å²) in [5, 5.41) is 9.14. The van der Waals surface area contributed by atoms with E-state index >= 15 is 0 Å². The van der Waals surface area contributed by atoms with Crippen molar-refractivity contribution in [3.05, 3.63) is 58.5 Å². The Morgan fingerprint density at radius 2 is 1.73 bits per heavy atom. The third kappa shape index (κ3) is 1.91. The molecule has 3 heteroatoms. The highest BCUT2D eigenvalue weighted by molar-refractivity contribution is 5.37. The molecule has 0 aliphatic heterocycles. The molecule has 0 saturated carbocycles. The van der Waals surface area contributed by atoms with Gasteiger partial charge in [-0.25, -0.2) is 0 Å². The van der Waals surface area contributed by atoms with Crippen LogP contribution in [0.1, 0.15) is 5.56 Å². The number of benzene rings is 1. The fourth-order valence-electron chi connectivity index (χ4n) is 1.41. The second kappa shape index (κ2) is 3.61. The smallest absolute Gasteiger partial charge is 0.255 e. The second-order valence-corrected chi connectivity index (χ2v) is 3.43. The van der Waals surface area contributed by atoms with E-state index in [1.807, 2.05) is 6.92 Å². The normalized spacial score (nSPS) is 10.2. The highest BCUT2D eigenvalue weighted by Gasteiger charge is 1.99. The molecular weight excluding hydrogens is 190 g/mol. The monoisotopic (exact) mass is 201 g/mol. The summed E-state index contributed by atoms with van der Waals surface area (Å²) in [6.07, 6.45) is 1.77. The highest BCUT2D eigenvalue weighted by Crippen LogP contribution is 2.12. The predicted octanol–water partition coefficient (Wildman–Crippen LogP) is 1.85. The average molecular weight is 201 g/mol. The van der Waals surface area contributed by atoms with Crippen LogP contribution in [0.2, 0.25) is 0 Å². The lowest BCUT2D eigenvalue weighted by Crippen LogP contribution is -2.16. The molecule has 2 rings (SSSR count). The maximum Gasteiger partial charge on any atom is 0.255 e. The van der Waals surface area contributed by atoms with Crippen molar-refractivity contribution in [2.45, 2.75) is 6.92 Å². The molecule has 0 aliphatic carbocycles. The van der Waals surface area contributed by atoms with Gasteiger partial charge in [-0.1, -0.05) is 6.07 Å². The molecule has 0 atom stereocenters. The van der Waals surface area contributed by atoms with E-state index in [-0.39, 0.29) is 11.3 Å². The summed E-state index contributed by atoms with van der Waals surface area (Å²) in [6, 6.07) is 9.84. The number of aryl methyl sites for hydroxylation is 1. The van der Waals surface area contributed by atoms with Gasteiger partial charge in [-0.2, -0.15) is 0 Å². The maximum atomic E-state index is 11.6. The molecule has 1 aromatic carbocycles. The van der Waals surface area contributed by atoms with Gasteiger partial charge in [-0.05, 0) is 36.8 Å². The number of nitrogens with zero attached hydrogens (tertiary/aromatic N) is 1. The largest absolute Gasteiger partial charge is 0.508 e. The topological polar surface area (TPSA) is 42.2 Å². The molecule has 0 spiro atoms. The van der Waals surface area contributed by atoms with E-state index < -0.39 is 0 Å². The Bertz CT molecular complexity index is 526. The van der Waals surface area contributed by atoms with E-state index in [2.05, 4.69) is 0 Å². The van der Waals surface area contributed by atoms with Crippen LogP contribution in [0.4, 0.5) is 0 Å². The molecule has 2 aromatic rings. The molecule has 1 N–H and O–H groups in total. The van der Waals surface area contributed by atoms with E-state index in [9.17, 15) is 4.79 Å². The minimum atomic E-state index is -0.0775. The van der Waals surface area contributed by atoms with Gasteiger partial charge in [-0.15, -0.1) is 0 Å². The number of hydrogen-bond acceptors (Lipinski definition) is 2.